The zero-order valence-corrected chi connectivity index (χ0v) is 5.65. The van der Waals surface area contributed by atoms with Crippen LogP contribution in [0.5, 0.6) is 0 Å². The molecule has 3 nitrogen and oxygen atoms in total. The van der Waals surface area contributed by atoms with Crippen LogP contribution in [0.3, 0.4) is 0 Å². The van der Waals surface area contributed by atoms with Crippen molar-refractivity contribution in [2.45, 2.75) is 12.2 Å². The van der Waals surface area contributed by atoms with Gasteiger partial charge >= 0.3 is 0 Å². The molecule has 0 bridgehead atoms. The highest BCUT2D eigenvalue weighted by Gasteiger charge is 2.48. The van der Waals surface area contributed by atoms with Crippen molar-refractivity contribution >= 4 is 33.7 Å². The number of rotatable bonds is 2. The van der Waals surface area contributed by atoms with E-state index in [0.29, 0.717) is 0 Å². The first-order valence-electron chi connectivity index (χ1n) is 2.17. The van der Waals surface area contributed by atoms with Gasteiger partial charge < -0.3 is 4.74 Å². The number of ether oxygens (including phenoxy) is 1. The molecule has 0 radical (unpaired) electrons. The van der Waals surface area contributed by atoms with Crippen molar-refractivity contribution in [2.75, 3.05) is 0 Å². The van der Waals surface area contributed by atoms with Crippen LogP contribution in [-0.2, 0) is 14.3 Å². The molecule has 1 heterocycles. The highest BCUT2D eigenvalue weighted by atomic mass is 35.5. The molecule has 9 heavy (non-hydrogen) atoms. The zero-order chi connectivity index (χ0) is 7.02. The fraction of sp³-hybridized carbons (Fsp3) is 0.500. The second kappa shape index (κ2) is 2.25. The first kappa shape index (κ1) is 6.99. The lowest BCUT2D eigenvalue weighted by molar-refractivity contribution is -0.114. The minimum Gasteiger partial charge on any atom is -0.350 e. The van der Waals surface area contributed by atoms with Gasteiger partial charge in [0.1, 0.15) is 0 Å². The lowest BCUT2D eigenvalue weighted by atomic mass is 10.4. The van der Waals surface area contributed by atoms with E-state index < -0.39 is 22.7 Å². The maximum Gasteiger partial charge on any atom is 0.253 e. The Balaban J connectivity index is 2.42. The molecular formula is C4H2Cl2O3. The Labute approximate surface area is 60.9 Å². The van der Waals surface area contributed by atoms with Gasteiger partial charge in [-0.3, -0.25) is 9.59 Å². The normalized spacial score (nSPS) is 31.8. The van der Waals surface area contributed by atoms with Crippen LogP contribution in [0.4, 0.5) is 0 Å². The third-order valence-electron chi connectivity index (χ3n) is 0.939. The summed E-state index contributed by atoms with van der Waals surface area (Å²) < 4.78 is 4.48. The Bertz CT molecular complexity index is 149. The highest BCUT2D eigenvalue weighted by Crippen LogP contribution is 2.26. The molecule has 0 aromatic heterocycles. The second-order valence-corrected chi connectivity index (χ2v) is 2.33. The highest BCUT2D eigenvalue weighted by molar-refractivity contribution is 6.68. The van der Waals surface area contributed by atoms with Gasteiger partial charge in [-0.25, -0.2) is 0 Å². The van der Waals surface area contributed by atoms with Crippen molar-refractivity contribution in [3.05, 3.63) is 0 Å². The molecule has 0 N–H and O–H groups in total. The Morgan fingerprint density at radius 1 is 1.11 bits per heavy atom. The maximum absolute atomic E-state index is 10.2. The first-order valence-corrected chi connectivity index (χ1v) is 2.92. The largest absolute Gasteiger partial charge is 0.350 e. The molecule has 2 atom stereocenters. The molecule has 1 aliphatic rings. The molecular weight excluding hydrogens is 167 g/mol. The Kier molecular flexibility index (Phi) is 1.75. The fourth-order valence-electron chi connectivity index (χ4n) is 0.458. The number of hydrogen-bond donors (Lipinski definition) is 0. The van der Waals surface area contributed by atoms with E-state index in [1.165, 1.54) is 0 Å². The standard InChI is InChI=1S/C4H2Cl2O3/c5-3(7)1-2(9-1)4(6)8/h1-2H/t1-,2+. The molecule has 1 rings (SSSR count). The topological polar surface area (TPSA) is 46.7 Å². The van der Waals surface area contributed by atoms with E-state index >= 15 is 0 Å². The van der Waals surface area contributed by atoms with Crippen molar-refractivity contribution in [1.29, 1.82) is 0 Å². The molecule has 1 fully saturated rings. The summed E-state index contributed by atoms with van der Waals surface area (Å²) in [7, 11) is 0. The van der Waals surface area contributed by atoms with Gasteiger partial charge in [0.05, 0.1) is 0 Å². The molecule has 50 valence electrons. The van der Waals surface area contributed by atoms with Crippen molar-refractivity contribution in [3.8, 4) is 0 Å². The summed E-state index contributed by atoms with van der Waals surface area (Å²) in [6, 6.07) is 0. The van der Waals surface area contributed by atoms with Crippen LogP contribution in [0, 0.1) is 0 Å². The second-order valence-electron chi connectivity index (χ2n) is 1.59. The molecule has 0 unspecified atom stereocenters. The van der Waals surface area contributed by atoms with Crippen LogP contribution in [0.25, 0.3) is 0 Å². The average molecular weight is 169 g/mol. The summed E-state index contributed by atoms with van der Waals surface area (Å²) in [4.78, 5) is 20.3. The van der Waals surface area contributed by atoms with E-state index in [1.54, 1.807) is 0 Å². The van der Waals surface area contributed by atoms with Crippen molar-refractivity contribution in [2.24, 2.45) is 0 Å². The number of carbonyl (C=O) groups excluding carboxylic acids is 2. The molecule has 0 aromatic carbocycles. The molecule has 0 amide bonds. The summed E-state index contributed by atoms with van der Waals surface area (Å²) in [6.45, 7) is 0. The summed E-state index contributed by atoms with van der Waals surface area (Å²) in [6.07, 6.45) is -1.59. The van der Waals surface area contributed by atoms with Crippen LogP contribution >= 0.6 is 23.2 Å². The van der Waals surface area contributed by atoms with Gasteiger partial charge in [-0.2, -0.15) is 0 Å². The zero-order valence-electron chi connectivity index (χ0n) is 4.14. The average Bonchev–Trinajstić information content (AvgIpc) is 2.39. The van der Waals surface area contributed by atoms with E-state index in [9.17, 15) is 9.59 Å². The Morgan fingerprint density at radius 3 is 1.56 bits per heavy atom. The van der Waals surface area contributed by atoms with E-state index in [4.69, 9.17) is 23.2 Å². The minimum absolute atomic E-state index is 0.672. The summed E-state index contributed by atoms with van der Waals surface area (Å²) in [5.41, 5.74) is 0. The van der Waals surface area contributed by atoms with Gasteiger partial charge in [0, 0.05) is 0 Å². The van der Waals surface area contributed by atoms with Crippen molar-refractivity contribution < 1.29 is 14.3 Å². The quantitative estimate of drug-likeness (QED) is 0.440. The molecule has 0 saturated carbocycles. The lowest BCUT2D eigenvalue weighted by Crippen LogP contribution is -2.06. The number of carbonyl (C=O) groups is 2. The van der Waals surface area contributed by atoms with Gasteiger partial charge in [-0.1, -0.05) is 0 Å². The number of epoxide rings is 1. The van der Waals surface area contributed by atoms with Crippen LogP contribution in [-0.4, -0.2) is 22.7 Å². The Morgan fingerprint density at radius 2 is 1.44 bits per heavy atom. The summed E-state index contributed by atoms with van der Waals surface area (Å²) in [5, 5.41) is -1.34. The van der Waals surface area contributed by atoms with Crippen LogP contribution in [0.1, 0.15) is 0 Å². The van der Waals surface area contributed by atoms with Crippen molar-refractivity contribution in [1.82, 2.24) is 0 Å². The third-order valence-corrected chi connectivity index (χ3v) is 1.37. The minimum atomic E-state index is -0.795. The van der Waals surface area contributed by atoms with E-state index in [0.717, 1.165) is 0 Å². The van der Waals surface area contributed by atoms with Crippen molar-refractivity contribution in [3.63, 3.8) is 0 Å². The SMILES string of the molecule is O=C(Cl)[C@H]1O[C@H]1C(=O)Cl. The Hall–Kier alpha value is -0.120. The predicted molar refractivity (Wildman–Crippen MR) is 30.4 cm³/mol. The predicted octanol–water partition coefficient (Wildman–Crippen LogP) is 0.285. The van der Waals surface area contributed by atoms with E-state index in [1.807, 2.05) is 0 Å². The third kappa shape index (κ3) is 1.41. The fourth-order valence-corrected chi connectivity index (χ4v) is 0.789. The van der Waals surface area contributed by atoms with Gasteiger partial charge in [0.15, 0.2) is 12.2 Å². The van der Waals surface area contributed by atoms with Crippen LogP contribution in [0.15, 0.2) is 0 Å². The summed E-state index contributed by atoms with van der Waals surface area (Å²) in [5.74, 6) is 0. The van der Waals surface area contributed by atoms with Crippen LogP contribution in [0.2, 0.25) is 0 Å². The molecule has 1 aliphatic heterocycles. The summed E-state index contributed by atoms with van der Waals surface area (Å²) >= 11 is 9.88. The number of hydrogen-bond acceptors (Lipinski definition) is 3. The molecule has 0 spiro atoms. The molecule has 0 aromatic rings. The molecule has 0 aliphatic carbocycles. The molecule has 5 heteroatoms. The molecule has 1 saturated heterocycles. The van der Waals surface area contributed by atoms with E-state index in [-0.39, 0.29) is 0 Å². The first-order chi connectivity index (χ1) is 4.13. The lowest BCUT2D eigenvalue weighted by Gasteiger charge is -1.75. The van der Waals surface area contributed by atoms with Crippen LogP contribution < -0.4 is 0 Å². The monoisotopic (exact) mass is 168 g/mol. The van der Waals surface area contributed by atoms with Gasteiger partial charge in [0.2, 0.25) is 0 Å². The van der Waals surface area contributed by atoms with E-state index in [2.05, 4.69) is 4.74 Å². The van der Waals surface area contributed by atoms with Gasteiger partial charge in [-0.15, -0.1) is 0 Å². The maximum atomic E-state index is 10.2. The number of halogens is 2. The van der Waals surface area contributed by atoms with Gasteiger partial charge in [0.25, 0.3) is 10.5 Å². The smallest absolute Gasteiger partial charge is 0.253 e. The van der Waals surface area contributed by atoms with Gasteiger partial charge in [-0.05, 0) is 23.2 Å².